The van der Waals surface area contributed by atoms with E-state index in [-0.39, 0.29) is 11.6 Å². The fourth-order valence-electron chi connectivity index (χ4n) is 2.14. The van der Waals surface area contributed by atoms with E-state index in [0.717, 1.165) is 11.1 Å². The summed E-state index contributed by atoms with van der Waals surface area (Å²) in [4.78, 5) is 4.09. The molecule has 0 atom stereocenters. The summed E-state index contributed by atoms with van der Waals surface area (Å²) >= 11 is 5.81. The molecule has 2 aromatic rings. The smallest absolute Gasteiger partial charge is 0.141 e. The number of halogens is 2. The van der Waals surface area contributed by atoms with Crippen LogP contribution in [0.4, 0.5) is 4.39 Å². The molecule has 0 fully saturated rings. The Morgan fingerprint density at radius 2 is 2.06 bits per heavy atom. The van der Waals surface area contributed by atoms with Crippen LogP contribution < -0.4 is 0 Å². The van der Waals surface area contributed by atoms with Gasteiger partial charge in [-0.15, -0.1) is 0 Å². The summed E-state index contributed by atoms with van der Waals surface area (Å²) in [5.41, 5.74) is 2.65. The average molecular weight is 262 g/mol. The van der Waals surface area contributed by atoms with Crippen molar-refractivity contribution in [2.45, 2.75) is 6.42 Å². The number of benzene rings is 1. The van der Waals surface area contributed by atoms with Crippen molar-refractivity contribution in [2.24, 2.45) is 0 Å². The number of hydrogen-bond acceptors (Lipinski definition) is 2. The van der Waals surface area contributed by atoms with Gasteiger partial charge >= 0.3 is 0 Å². The second kappa shape index (κ2) is 4.10. The summed E-state index contributed by atoms with van der Waals surface area (Å²) in [6.45, 7) is 0. The van der Waals surface area contributed by atoms with Gasteiger partial charge in [0.05, 0.1) is 0 Å². The number of hydrogen-bond donors (Lipinski definition) is 1. The van der Waals surface area contributed by atoms with Crippen LogP contribution in [0, 0.1) is 5.82 Å². The minimum absolute atomic E-state index is 0.0545. The minimum atomic E-state index is -0.260. The largest absolute Gasteiger partial charge is 0.506 e. The first-order chi connectivity index (χ1) is 8.65. The molecule has 4 heteroatoms. The van der Waals surface area contributed by atoms with Gasteiger partial charge in [0.1, 0.15) is 22.4 Å². The Morgan fingerprint density at radius 1 is 1.22 bits per heavy atom. The zero-order valence-corrected chi connectivity index (χ0v) is 10.1. The molecule has 0 bridgehead atoms. The molecule has 1 N–H and O–H groups in total. The first-order valence-corrected chi connectivity index (χ1v) is 5.87. The molecule has 0 saturated heterocycles. The predicted octanol–water partition coefficient (Wildman–Crippen LogP) is 3.68. The molecule has 1 aliphatic carbocycles. The van der Waals surface area contributed by atoms with E-state index in [1.54, 1.807) is 12.1 Å². The van der Waals surface area contributed by atoms with Gasteiger partial charge in [-0.25, -0.2) is 9.37 Å². The maximum atomic E-state index is 13.6. The second-order valence-electron chi connectivity index (χ2n) is 4.16. The van der Waals surface area contributed by atoms with Gasteiger partial charge in [0, 0.05) is 12.0 Å². The standard InChI is InChI=1S/C14H9ClFNO/c15-13-5-4-12(18)14(17-13)9-6-8-2-1-3-11(16)10(8)7-9/h1-5,7,18H,6H2. The van der Waals surface area contributed by atoms with Crippen LogP contribution in [-0.2, 0) is 6.42 Å². The number of allylic oxidation sites excluding steroid dienone is 1. The third kappa shape index (κ3) is 1.77. The zero-order chi connectivity index (χ0) is 12.7. The molecule has 2 nitrogen and oxygen atoms in total. The quantitative estimate of drug-likeness (QED) is 0.795. The summed E-state index contributed by atoms with van der Waals surface area (Å²) in [6.07, 6.45) is 2.26. The topological polar surface area (TPSA) is 33.1 Å². The van der Waals surface area contributed by atoms with Crippen molar-refractivity contribution in [3.8, 4) is 5.75 Å². The number of fused-ring (bicyclic) bond motifs is 1. The number of rotatable bonds is 1. The SMILES string of the molecule is Oc1ccc(Cl)nc1C1=Cc2c(F)cccc2C1. The van der Waals surface area contributed by atoms with E-state index in [9.17, 15) is 9.50 Å². The highest BCUT2D eigenvalue weighted by atomic mass is 35.5. The summed E-state index contributed by atoms with van der Waals surface area (Å²) in [5, 5.41) is 10.1. The van der Waals surface area contributed by atoms with E-state index in [1.807, 2.05) is 6.07 Å². The highest BCUT2D eigenvalue weighted by Crippen LogP contribution is 2.35. The molecular formula is C14H9ClFNO. The van der Waals surface area contributed by atoms with Crippen LogP contribution in [0.3, 0.4) is 0 Å². The van der Waals surface area contributed by atoms with Crippen molar-refractivity contribution in [3.05, 3.63) is 58.1 Å². The molecule has 0 spiro atoms. The van der Waals surface area contributed by atoms with Gasteiger partial charge < -0.3 is 5.11 Å². The van der Waals surface area contributed by atoms with E-state index in [2.05, 4.69) is 4.98 Å². The lowest BCUT2D eigenvalue weighted by Crippen LogP contribution is -1.91. The molecule has 1 heterocycles. The van der Waals surface area contributed by atoms with Gasteiger partial charge in [-0.2, -0.15) is 0 Å². The number of aromatic hydroxyl groups is 1. The van der Waals surface area contributed by atoms with Gasteiger partial charge in [0.2, 0.25) is 0 Å². The zero-order valence-electron chi connectivity index (χ0n) is 9.32. The Labute approximate surface area is 108 Å². The maximum absolute atomic E-state index is 13.6. The Morgan fingerprint density at radius 3 is 2.83 bits per heavy atom. The lowest BCUT2D eigenvalue weighted by atomic mass is 10.1. The van der Waals surface area contributed by atoms with Crippen LogP contribution in [0.25, 0.3) is 11.6 Å². The Bertz CT molecular complexity index is 667. The van der Waals surface area contributed by atoms with Crippen LogP contribution >= 0.6 is 11.6 Å². The van der Waals surface area contributed by atoms with E-state index in [0.29, 0.717) is 22.8 Å². The molecule has 18 heavy (non-hydrogen) atoms. The van der Waals surface area contributed by atoms with Crippen molar-refractivity contribution < 1.29 is 9.50 Å². The van der Waals surface area contributed by atoms with Crippen LogP contribution in [0.15, 0.2) is 30.3 Å². The molecule has 0 aliphatic heterocycles. The fraction of sp³-hybridized carbons (Fsp3) is 0.0714. The van der Waals surface area contributed by atoms with E-state index < -0.39 is 0 Å². The molecule has 3 rings (SSSR count). The van der Waals surface area contributed by atoms with Crippen LogP contribution in [0.5, 0.6) is 5.75 Å². The molecule has 0 saturated carbocycles. The van der Waals surface area contributed by atoms with Crippen LogP contribution in [0.1, 0.15) is 16.8 Å². The summed E-state index contributed by atoms with van der Waals surface area (Å²) in [6, 6.07) is 7.97. The fourth-order valence-corrected chi connectivity index (χ4v) is 2.29. The molecule has 0 amide bonds. The minimum Gasteiger partial charge on any atom is -0.506 e. The van der Waals surface area contributed by atoms with E-state index >= 15 is 0 Å². The lowest BCUT2D eigenvalue weighted by Gasteiger charge is -2.04. The third-order valence-electron chi connectivity index (χ3n) is 2.99. The van der Waals surface area contributed by atoms with Crippen molar-refractivity contribution in [3.63, 3.8) is 0 Å². The molecule has 1 aromatic heterocycles. The maximum Gasteiger partial charge on any atom is 0.141 e. The number of nitrogens with zero attached hydrogens (tertiary/aromatic N) is 1. The Kier molecular flexibility index (Phi) is 2.56. The normalized spacial score (nSPS) is 13.3. The van der Waals surface area contributed by atoms with Crippen LogP contribution in [-0.4, -0.2) is 10.1 Å². The second-order valence-corrected chi connectivity index (χ2v) is 4.55. The van der Waals surface area contributed by atoms with E-state index in [4.69, 9.17) is 11.6 Å². The highest BCUT2D eigenvalue weighted by molar-refractivity contribution is 6.29. The molecular weight excluding hydrogens is 253 g/mol. The van der Waals surface area contributed by atoms with E-state index in [1.165, 1.54) is 18.2 Å². The number of pyridine rings is 1. The van der Waals surface area contributed by atoms with Gasteiger partial charge in [-0.3, -0.25) is 0 Å². The highest BCUT2D eigenvalue weighted by Gasteiger charge is 2.20. The third-order valence-corrected chi connectivity index (χ3v) is 3.20. The average Bonchev–Trinajstić information content (AvgIpc) is 2.77. The number of aromatic nitrogens is 1. The molecule has 0 unspecified atom stereocenters. The predicted molar refractivity (Wildman–Crippen MR) is 68.9 cm³/mol. The Balaban J connectivity index is 2.10. The first-order valence-electron chi connectivity index (χ1n) is 5.49. The van der Waals surface area contributed by atoms with Gasteiger partial charge in [0.15, 0.2) is 0 Å². The van der Waals surface area contributed by atoms with Crippen molar-refractivity contribution in [1.29, 1.82) is 0 Å². The van der Waals surface area contributed by atoms with Gasteiger partial charge in [-0.05, 0) is 35.4 Å². The van der Waals surface area contributed by atoms with Crippen molar-refractivity contribution in [2.75, 3.05) is 0 Å². The van der Waals surface area contributed by atoms with Crippen molar-refractivity contribution in [1.82, 2.24) is 4.98 Å². The van der Waals surface area contributed by atoms with Crippen molar-refractivity contribution >= 4 is 23.3 Å². The monoisotopic (exact) mass is 261 g/mol. The summed E-state index contributed by atoms with van der Waals surface area (Å²) in [7, 11) is 0. The summed E-state index contributed by atoms with van der Waals surface area (Å²) in [5.74, 6) is -0.206. The lowest BCUT2D eigenvalue weighted by molar-refractivity contribution is 0.470. The first kappa shape index (κ1) is 11.2. The van der Waals surface area contributed by atoms with Gasteiger partial charge in [-0.1, -0.05) is 23.7 Å². The Hall–Kier alpha value is -1.87. The van der Waals surface area contributed by atoms with Gasteiger partial charge in [0.25, 0.3) is 0 Å². The molecule has 90 valence electrons. The summed E-state index contributed by atoms with van der Waals surface area (Å²) < 4.78 is 13.6. The molecule has 1 aliphatic rings. The molecule has 0 radical (unpaired) electrons. The molecule has 1 aromatic carbocycles. The van der Waals surface area contributed by atoms with Crippen LogP contribution in [0.2, 0.25) is 5.15 Å².